The van der Waals surface area contributed by atoms with Crippen LogP contribution in [0.3, 0.4) is 0 Å². The van der Waals surface area contributed by atoms with Crippen molar-refractivity contribution in [1.82, 2.24) is 4.90 Å². The van der Waals surface area contributed by atoms with Crippen molar-refractivity contribution in [1.29, 1.82) is 0 Å². The highest BCUT2D eigenvalue weighted by atomic mass is 79.9. The lowest BCUT2D eigenvalue weighted by atomic mass is 9.96. The van der Waals surface area contributed by atoms with Crippen LogP contribution in [0.4, 0.5) is 5.69 Å². The van der Waals surface area contributed by atoms with E-state index in [2.05, 4.69) is 40.7 Å². The van der Waals surface area contributed by atoms with Gasteiger partial charge >= 0.3 is 0 Å². The molecule has 0 amide bonds. The van der Waals surface area contributed by atoms with Gasteiger partial charge in [-0.15, -0.1) is 0 Å². The summed E-state index contributed by atoms with van der Waals surface area (Å²) in [6.07, 6.45) is 3.98. The Morgan fingerprint density at radius 3 is 2.59 bits per heavy atom. The zero-order valence-electron chi connectivity index (χ0n) is 10.6. The molecule has 2 unspecified atom stereocenters. The second kappa shape index (κ2) is 5.40. The van der Waals surface area contributed by atoms with E-state index in [0.29, 0.717) is 12.1 Å². The summed E-state index contributed by atoms with van der Waals surface area (Å²) in [5.74, 6) is 0. The molecule has 0 saturated carbocycles. The molecule has 94 valence electrons. The van der Waals surface area contributed by atoms with E-state index in [-0.39, 0.29) is 0 Å². The first-order chi connectivity index (χ1) is 8.09. The van der Waals surface area contributed by atoms with Gasteiger partial charge in [-0.25, -0.2) is 0 Å². The average molecular weight is 297 g/mol. The Balaban J connectivity index is 2.16. The van der Waals surface area contributed by atoms with Crippen molar-refractivity contribution in [2.75, 3.05) is 5.73 Å². The lowest BCUT2D eigenvalue weighted by molar-refractivity contribution is 0.0951. The van der Waals surface area contributed by atoms with Crippen LogP contribution in [-0.4, -0.2) is 17.0 Å². The highest BCUT2D eigenvalue weighted by Gasteiger charge is 2.25. The Hall–Kier alpha value is -0.540. The molecule has 1 fully saturated rings. The van der Waals surface area contributed by atoms with Gasteiger partial charge in [-0.3, -0.25) is 4.90 Å². The minimum atomic E-state index is 0.673. The number of benzene rings is 1. The normalized spacial score (nSPS) is 26.1. The highest BCUT2D eigenvalue weighted by molar-refractivity contribution is 9.10. The maximum Gasteiger partial charge on any atom is 0.0461 e. The summed E-state index contributed by atoms with van der Waals surface area (Å²) in [6.45, 7) is 5.65. The molecule has 0 aliphatic carbocycles. The van der Waals surface area contributed by atoms with Crippen molar-refractivity contribution in [3.63, 3.8) is 0 Å². The third kappa shape index (κ3) is 2.83. The molecule has 1 saturated heterocycles. The molecule has 2 rings (SSSR count). The maximum atomic E-state index is 5.93. The first-order valence-corrected chi connectivity index (χ1v) is 7.17. The van der Waals surface area contributed by atoms with Gasteiger partial charge in [0.1, 0.15) is 0 Å². The molecule has 2 N–H and O–H groups in total. The smallest absolute Gasteiger partial charge is 0.0461 e. The molecule has 0 spiro atoms. The number of likely N-dealkylation sites (tertiary alicyclic amines) is 1. The zero-order valence-corrected chi connectivity index (χ0v) is 12.2. The molecule has 1 heterocycles. The number of nitrogens with two attached hydrogens (primary N) is 1. The average Bonchev–Trinajstić information content (AvgIpc) is 2.29. The summed E-state index contributed by atoms with van der Waals surface area (Å²) < 4.78 is 1.06. The standard InChI is InChI=1S/C14H21BrN2/c1-10-5-3-6-11(2)17(10)9-12-7-4-8-13(16)14(12)15/h4,7-8,10-11H,3,5-6,9,16H2,1-2H3. The van der Waals surface area contributed by atoms with E-state index in [1.54, 1.807) is 0 Å². The maximum absolute atomic E-state index is 5.93. The fraction of sp³-hybridized carbons (Fsp3) is 0.571. The number of hydrogen-bond donors (Lipinski definition) is 1. The second-order valence-electron chi connectivity index (χ2n) is 5.12. The first kappa shape index (κ1) is 12.9. The van der Waals surface area contributed by atoms with Gasteiger partial charge in [0.25, 0.3) is 0 Å². The van der Waals surface area contributed by atoms with E-state index < -0.39 is 0 Å². The van der Waals surface area contributed by atoms with E-state index in [0.717, 1.165) is 16.7 Å². The van der Waals surface area contributed by atoms with Crippen LogP contribution in [0.15, 0.2) is 22.7 Å². The molecule has 1 aliphatic heterocycles. The topological polar surface area (TPSA) is 29.3 Å². The van der Waals surface area contributed by atoms with E-state index in [1.807, 2.05) is 12.1 Å². The van der Waals surface area contributed by atoms with Gasteiger partial charge in [0.05, 0.1) is 0 Å². The van der Waals surface area contributed by atoms with Crippen molar-refractivity contribution in [3.05, 3.63) is 28.2 Å². The van der Waals surface area contributed by atoms with Crippen LogP contribution in [0.25, 0.3) is 0 Å². The number of nitrogen functional groups attached to an aromatic ring is 1. The molecule has 1 aromatic carbocycles. The van der Waals surface area contributed by atoms with Gasteiger partial charge in [0.2, 0.25) is 0 Å². The molecular weight excluding hydrogens is 276 g/mol. The first-order valence-electron chi connectivity index (χ1n) is 6.38. The summed E-state index contributed by atoms with van der Waals surface area (Å²) >= 11 is 3.60. The van der Waals surface area contributed by atoms with Crippen LogP contribution in [0.5, 0.6) is 0 Å². The molecule has 1 aliphatic rings. The number of rotatable bonds is 2. The Labute approximate surface area is 112 Å². The predicted molar refractivity (Wildman–Crippen MR) is 76.9 cm³/mol. The molecule has 1 aromatic rings. The van der Waals surface area contributed by atoms with Gasteiger partial charge in [0, 0.05) is 28.8 Å². The molecule has 0 aromatic heterocycles. The number of anilines is 1. The summed E-state index contributed by atoms with van der Waals surface area (Å²) in [7, 11) is 0. The lowest BCUT2D eigenvalue weighted by Gasteiger charge is -2.39. The zero-order chi connectivity index (χ0) is 12.4. The molecule has 2 atom stereocenters. The monoisotopic (exact) mass is 296 g/mol. The van der Waals surface area contributed by atoms with Crippen molar-refractivity contribution < 1.29 is 0 Å². The minimum absolute atomic E-state index is 0.673. The van der Waals surface area contributed by atoms with Crippen molar-refractivity contribution in [2.24, 2.45) is 0 Å². The fourth-order valence-corrected chi connectivity index (χ4v) is 3.09. The van der Waals surface area contributed by atoms with Gasteiger partial charge in [-0.05, 0) is 54.2 Å². The third-order valence-corrected chi connectivity index (χ3v) is 4.80. The Morgan fingerprint density at radius 1 is 1.29 bits per heavy atom. The number of hydrogen-bond acceptors (Lipinski definition) is 2. The largest absolute Gasteiger partial charge is 0.398 e. The Bertz CT molecular complexity index is 382. The minimum Gasteiger partial charge on any atom is -0.398 e. The van der Waals surface area contributed by atoms with Crippen LogP contribution in [0.1, 0.15) is 38.7 Å². The van der Waals surface area contributed by atoms with E-state index >= 15 is 0 Å². The summed E-state index contributed by atoms with van der Waals surface area (Å²) in [4.78, 5) is 2.59. The van der Waals surface area contributed by atoms with Gasteiger partial charge in [-0.2, -0.15) is 0 Å². The lowest BCUT2D eigenvalue weighted by Crippen LogP contribution is -2.43. The van der Waals surface area contributed by atoms with Crippen molar-refractivity contribution in [2.45, 2.75) is 51.7 Å². The van der Waals surface area contributed by atoms with E-state index in [1.165, 1.54) is 24.8 Å². The predicted octanol–water partition coefficient (Wildman–Crippen LogP) is 3.79. The second-order valence-corrected chi connectivity index (χ2v) is 5.91. The summed E-state index contributed by atoms with van der Waals surface area (Å²) in [5, 5.41) is 0. The van der Waals surface area contributed by atoms with Crippen LogP contribution in [-0.2, 0) is 6.54 Å². The molecule has 17 heavy (non-hydrogen) atoms. The molecule has 2 nitrogen and oxygen atoms in total. The van der Waals surface area contributed by atoms with E-state index in [4.69, 9.17) is 5.73 Å². The number of piperidine rings is 1. The van der Waals surface area contributed by atoms with Crippen LogP contribution in [0.2, 0.25) is 0 Å². The molecular formula is C14H21BrN2. The number of nitrogens with zero attached hydrogens (tertiary/aromatic N) is 1. The summed E-state index contributed by atoms with van der Waals surface area (Å²) in [5.41, 5.74) is 8.06. The summed E-state index contributed by atoms with van der Waals surface area (Å²) in [6, 6.07) is 7.49. The van der Waals surface area contributed by atoms with Crippen LogP contribution >= 0.6 is 15.9 Å². The van der Waals surface area contributed by atoms with Crippen LogP contribution in [0, 0.1) is 0 Å². The fourth-order valence-electron chi connectivity index (χ4n) is 2.70. The van der Waals surface area contributed by atoms with Crippen LogP contribution < -0.4 is 5.73 Å². The quantitative estimate of drug-likeness (QED) is 0.841. The van der Waals surface area contributed by atoms with E-state index in [9.17, 15) is 0 Å². The van der Waals surface area contributed by atoms with Gasteiger partial charge < -0.3 is 5.73 Å². The number of halogens is 1. The Kier molecular flexibility index (Phi) is 4.10. The van der Waals surface area contributed by atoms with Gasteiger partial charge in [-0.1, -0.05) is 18.6 Å². The van der Waals surface area contributed by atoms with Gasteiger partial charge in [0.15, 0.2) is 0 Å². The SMILES string of the molecule is CC1CCCC(C)N1Cc1cccc(N)c1Br. The van der Waals surface area contributed by atoms with Crippen molar-refractivity contribution >= 4 is 21.6 Å². The molecule has 3 heteroatoms. The molecule has 0 bridgehead atoms. The highest BCUT2D eigenvalue weighted by Crippen LogP contribution is 2.29. The van der Waals surface area contributed by atoms with Crippen molar-refractivity contribution in [3.8, 4) is 0 Å². The molecule has 0 radical (unpaired) electrons. The third-order valence-electron chi connectivity index (χ3n) is 3.84. The Morgan fingerprint density at radius 2 is 1.94 bits per heavy atom.